The molecule has 0 fully saturated rings. The van der Waals surface area contributed by atoms with Gasteiger partial charge in [0.25, 0.3) is 0 Å². The van der Waals surface area contributed by atoms with Crippen molar-refractivity contribution in [1.29, 1.82) is 0 Å². The molecule has 0 aliphatic carbocycles. The fourth-order valence-corrected chi connectivity index (χ4v) is 3.35. The van der Waals surface area contributed by atoms with Crippen LogP contribution in [0.2, 0.25) is 0 Å². The minimum Gasteiger partial charge on any atom is -0.462 e. The molecular weight excluding hydrogens is 374 g/mol. The fraction of sp³-hybridized carbons (Fsp3) is 0.476. The van der Waals surface area contributed by atoms with Crippen molar-refractivity contribution in [3.63, 3.8) is 0 Å². The summed E-state index contributed by atoms with van der Waals surface area (Å²) in [7, 11) is 0. The van der Waals surface area contributed by atoms with E-state index in [4.69, 9.17) is 13.9 Å². The van der Waals surface area contributed by atoms with Gasteiger partial charge in [-0.05, 0) is 18.4 Å². The van der Waals surface area contributed by atoms with Crippen LogP contribution in [0, 0.1) is 0 Å². The Labute approximate surface area is 170 Å². The van der Waals surface area contributed by atoms with Crippen LogP contribution in [0.4, 0.5) is 0 Å². The van der Waals surface area contributed by atoms with Gasteiger partial charge in [0.1, 0.15) is 17.9 Å². The first-order valence-electron chi connectivity index (χ1n) is 9.93. The summed E-state index contributed by atoms with van der Waals surface area (Å²) in [5.41, 5.74) is 1.11. The average molecular weight is 401 g/mol. The highest BCUT2D eigenvalue weighted by Crippen LogP contribution is 2.32. The van der Waals surface area contributed by atoms with Crippen LogP contribution in [0.25, 0.3) is 0 Å². The third kappa shape index (κ3) is 5.80. The molecule has 0 saturated carbocycles. The summed E-state index contributed by atoms with van der Waals surface area (Å²) in [6.07, 6.45) is 6.41. The van der Waals surface area contributed by atoms with E-state index in [1.54, 1.807) is 6.26 Å². The number of ether oxygens (including phenoxy) is 2. The quantitative estimate of drug-likeness (QED) is 0.250. The summed E-state index contributed by atoms with van der Waals surface area (Å²) in [4.78, 5) is 10.9. The van der Waals surface area contributed by atoms with E-state index in [1.807, 2.05) is 30.3 Å². The second-order valence-corrected chi connectivity index (χ2v) is 7.09. The van der Waals surface area contributed by atoms with E-state index in [0.717, 1.165) is 31.2 Å². The molecule has 8 nitrogen and oxygen atoms in total. The van der Waals surface area contributed by atoms with Gasteiger partial charge in [0.05, 0.1) is 12.5 Å². The zero-order chi connectivity index (χ0) is 20.5. The zero-order valence-electron chi connectivity index (χ0n) is 16.6. The largest absolute Gasteiger partial charge is 0.462 e. The molecule has 1 unspecified atom stereocenters. The Balaban J connectivity index is 1.80. The van der Waals surface area contributed by atoms with Gasteiger partial charge in [-0.1, -0.05) is 56.5 Å². The molecule has 1 aromatic heterocycles. The van der Waals surface area contributed by atoms with Gasteiger partial charge >= 0.3 is 0 Å². The highest BCUT2D eigenvalue weighted by atomic mass is 16.7. The lowest BCUT2D eigenvalue weighted by Crippen LogP contribution is -2.24. The number of unbranched alkanes of at least 4 members (excludes halogenated alkanes) is 2. The Morgan fingerprint density at radius 1 is 1.21 bits per heavy atom. The Bertz CT molecular complexity index is 793. The summed E-state index contributed by atoms with van der Waals surface area (Å²) >= 11 is 0. The van der Waals surface area contributed by atoms with Crippen molar-refractivity contribution in [3.05, 3.63) is 59.7 Å². The first kappa shape index (κ1) is 20.9. The number of rotatable bonds is 12. The van der Waals surface area contributed by atoms with Gasteiger partial charge in [-0.15, -0.1) is 10.2 Å². The maximum Gasteiger partial charge on any atom is 0.233 e. The molecule has 1 N–H and O–H groups in total. The molecule has 3 rings (SSSR count). The molecule has 0 spiro atoms. The first-order valence-corrected chi connectivity index (χ1v) is 9.93. The van der Waals surface area contributed by atoms with Crippen LogP contribution in [0.5, 0.6) is 0 Å². The second kappa shape index (κ2) is 10.6. The Morgan fingerprint density at radius 3 is 2.69 bits per heavy atom. The molecule has 0 saturated heterocycles. The molecule has 0 radical (unpaired) electrons. The summed E-state index contributed by atoms with van der Waals surface area (Å²) in [6.45, 7) is 2.40. The van der Waals surface area contributed by atoms with Crippen LogP contribution >= 0.6 is 0 Å². The van der Waals surface area contributed by atoms with Crippen molar-refractivity contribution in [2.75, 3.05) is 13.3 Å². The number of carbonyl (C=O) groups excluding carboxylic acids is 1. The molecule has 2 atom stereocenters. The van der Waals surface area contributed by atoms with Crippen molar-refractivity contribution in [2.24, 2.45) is 0 Å². The summed E-state index contributed by atoms with van der Waals surface area (Å²) in [5.74, 6) is 0.980. The van der Waals surface area contributed by atoms with Crippen LogP contribution in [0.15, 0.2) is 46.8 Å². The van der Waals surface area contributed by atoms with Gasteiger partial charge in [0.2, 0.25) is 25.0 Å². The lowest BCUT2D eigenvalue weighted by molar-refractivity contribution is -0.151. The minimum absolute atomic E-state index is 0.112. The number of hydrogen-bond donors (Lipinski definition) is 1. The third-order valence-corrected chi connectivity index (χ3v) is 4.91. The molecule has 0 bridgehead atoms. The normalized spacial score (nSPS) is 15.2. The number of carbonyl (C=O) groups is 1. The number of benzene rings is 1. The van der Waals surface area contributed by atoms with E-state index in [1.165, 1.54) is 0 Å². The predicted octanol–water partition coefficient (Wildman–Crippen LogP) is 3.75. The van der Waals surface area contributed by atoms with Crippen molar-refractivity contribution in [3.8, 4) is 0 Å². The molecule has 1 aliphatic heterocycles. The van der Waals surface area contributed by atoms with E-state index >= 15 is 0 Å². The number of allylic oxidation sites excluding steroid dienone is 1. The predicted molar refractivity (Wildman–Crippen MR) is 104 cm³/mol. The number of aromatic nitrogens is 2. The molecule has 1 amide bonds. The number of hydroxylamine groups is 2. The highest BCUT2D eigenvalue weighted by Gasteiger charge is 2.29. The number of amides is 1. The highest BCUT2D eigenvalue weighted by molar-refractivity contribution is 5.44. The van der Waals surface area contributed by atoms with Crippen molar-refractivity contribution in [2.45, 2.75) is 50.9 Å². The van der Waals surface area contributed by atoms with Crippen LogP contribution < -0.4 is 0 Å². The van der Waals surface area contributed by atoms with E-state index in [9.17, 15) is 10.0 Å². The van der Waals surface area contributed by atoms with Gasteiger partial charge in [-0.2, -0.15) is 0 Å². The van der Waals surface area contributed by atoms with Crippen LogP contribution in [-0.2, 0) is 20.7 Å². The lowest BCUT2D eigenvalue weighted by Gasteiger charge is -2.17. The van der Waals surface area contributed by atoms with Crippen molar-refractivity contribution in [1.82, 2.24) is 15.3 Å². The molecule has 29 heavy (non-hydrogen) atoms. The molecule has 156 valence electrons. The summed E-state index contributed by atoms with van der Waals surface area (Å²) in [6, 6.07) is 9.98. The second-order valence-electron chi connectivity index (χ2n) is 7.09. The molecule has 1 aromatic carbocycles. The van der Waals surface area contributed by atoms with Gasteiger partial charge < -0.3 is 13.9 Å². The topological polar surface area (TPSA) is 97.9 Å². The summed E-state index contributed by atoms with van der Waals surface area (Å²) in [5, 5.41) is 18.8. The van der Waals surface area contributed by atoms with Crippen molar-refractivity contribution < 1.29 is 23.9 Å². The van der Waals surface area contributed by atoms with E-state index < -0.39 is 0 Å². The monoisotopic (exact) mass is 401 g/mol. The number of hydrogen-bond acceptors (Lipinski definition) is 7. The molecular formula is C21H27N3O5. The number of nitrogens with zero attached hydrogens (tertiary/aromatic N) is 3. The maximum atomic E-state index is 10.9. The van der Waals surface area contributed by atoms with E-state index in [-0.39, 0.29) is 25.2 Å². The van der Waals surface area contributed by atoms with E-state index in [0.29, 0.717) is 35.4 Å². The van der Waals surface area contributed by atoms with Crippen LogP contribution in [0.1, 0.15) is 61.8 Å². The average Bonchev–Trinajstić information content (AvgIpc) is 3.44. The lowest BCUT2D eigenvalue weighted by atomic mass is 9.97. The molecule has 1 aliphatic rings. The first-order chi connectivity index (χ1) is 14.2. The smallest absolute Gasteiger partial charge is 0.233 e. The van der Waals surface area contributed by atoms with Crippen LogP contribution in [-0.4, -0.2) is 40.2 Å². The van der Waals surface area contributed by atoms with Gasteiger partial charge in [0.15, 0.2) is 0 Å². The fourth-order valence-electron chi connectivity index (χ4n) is 3.35. The SMILES string of the molecule is CCCCC[C@@H](CN(O)C=O)c1nnc(C(Cc2ccccc2)C2=COCO2)o1. The standard InChI is InChI=1S/C21H27N3O5/c1-2-3-5-10-17(12-24(26)14-25)20-22-23-21(29-20)18(19-13-27-15-28-19)11-16-8-6-4-7-9-16/h4,6-9,13-14,17-18,26H,2-3,5,10-12,15H2,1H3/t17-,18?/m0/s1. The van der Waals surface area contributed by atoms with Crippen molar-refractivity contribution >= 4 is 6.41 Å². The van der Waals surface area contributed by atoms with Crippen LogP contribution in [0.3, 0.4) is 0 Å². The zero-order valence-corrected chi connectivity index (χ0v) is 16.6. The Morgan fingerprint density at radius 2 is 2.00 bits per heavy atom. The van der Waals surface area contributed by atoms with E-state index in [2.05, 4.69) is 17.1 Å². The Kier molecular flexibility index (Phi) is 7.63. The Hall–Kier alpha value is -2.87. The molecule has 2 aromatic rings. The molecule has 2 heterocycles. The minimum atomic E-state index is -0.270. The third-order valence-electron chi connectivity index (χ3n) is 4.91. The van der Waals surface area contributed by atoms with Gasteiger partial charge in [-0.3, -0.25) is 10.0 Å². The maximum absolute atomic E-state index is 10.9. The summed E-state index contributed by atoms with van der Waals surface area (Å²) < 4.78 is 16.8. The van der Waals surface area contributed by atoms with Gasteiger partial charge in [0, 0.05) is 0 Å². The molecule has 8 heteroatoms. The van der Waals surface area contributed by atoms with Gasteiger partial charge in [-0.25, -0.2) is 5.06 Å².